The van der Waals surface area contributed by atoms with Crippen molar-refractivity contribution in [3.63, 3.8) is 0 Å². The first-order valence-corrected chi connectivity index (χ1v) is 7.99. The molecule has 2 atom stereocenters. The fourth-order valence-electron chi connectivity index (χ4n) is 2.37. The van der Waals surface area contributed by atoms with Crippen LogP contribution >= 0.6 is 0 Å². The number of carbonyl (C=O) groups excluding carboxylic acids is 1. The molecular formula is C16H34N2O. The molecule has 0 aliphatic carbocycles. The number of amides is 1. The van der Waals surface area contributed by atoms with E-state index in [1.807, 2.05) is 0 Å². The van der Waals surface area contributed by atoms with Gasteiger partial charge in [-0.2, -0.15) is 0 Å². The Balaban J connectivity index is 3.72. The van der Waals surface area contributed by atoms with Crippen LogP contribution in [0.3, 0.4) is 0 Å². The second kappa shape index (κ2) is 11.3. The maximum Gasteiger partial charge on any atom is 0.220 e. The minimum absolute atomic E-state index is 0.201. The molecule has 0 aromatic carbocycles. The zero-order chi connectivity index (χ0) is 14.7. The molecule has 0 radical (unpaired) electrons. The summed E-state index contributed by atoms with van der Waals surface area (Å²) in [5.41, 5.74) is 5.57. The average molecular weight is 270 g/mol. The lowest BCUT2D eigenvalue weighted by atomic mass is 9.96. The van der Waals surface area contributed by atoms with Crippen LogP contribution in [-0.2, 0) is 4.79 Å². The van der Waals surface area contributed by atoms with E-state index in [0.29, 0.717) is 18.4 Å². The van der Waals surface area contributed by atoms with E-state index in [1.165, 1.54) is 12.8 Å². The van der Waals surface area contributed by atoms with Crippen molar-refractivity contribution >= 4 is 5.91 Å². The van der Waals surface area contributed by atoms with Gasteiger partial charge >= 0.3 is 0 Å². The number of carbonyl (C=O) groups is 1. The van der Waals surface area contributed by atoms with Crippen LogP contribution in [0.25, 0.3) is 0 Å². The molecule has 1 amide bonds. The number of rotatable bonds is 11. The van der Waals surface area contributed by atoms with Crippen LogP contribution < -0.4 is 11.1 Å². The first-order chi connectivity index (χ1) is 8.99. The van der Waals surface area contributed by atoms with Gasteiger partial charge < -0.3 is 11.1 Å². The van der Waals surface area contributed by atoms with Gasteiger partial charge in [-0.25, -0.2) is 0 Å². The summed E-state index contributed by atoms with van der Waals surface area (Å²) < 4.78 is 0. The van der Waals surface area contributed by atoms with Gasteiger partial charge in [-0.05, 0) is 44.6 Å². The van der Waals surface area contributed by atoms with Crippen LogP contribution in [0.15, 0.2) is 0 Å². The lowest BCUT2D eigenvalue weighted by molar-refractivity contribution is -0.122. The van der Waals surface area contributed by atoms with Gasteiger partial charge in [0, 0.05) is 12.5 Å². The molecular weight excluding hydrogens is 236 g/mol. The first-order valence-electron chi connectivity index (χ1n) is 7.99. The zero-order valence-electron chi connectivity index (χ0n) is 13.4. The molecule has 0 aromatic rings. The third-order valence-electron chi connectivity index (χ3n) is 3.76. The number of nitrogens with one attached hydrogen (secondary N) is 1. The molecule has 0 heterocycles. The van der Waals surface area contributed by atoms with Crippen LogP contribution in [0.5, 0.6) is 0 Å². The summed E-state index contributed by atoms with van der Waals surface area (Å²) in [4.78, 5) is 11.8. The molecule has 0 aliphatic heterocycles. The van der Waals surface area contributed by atoms with Gasteiger partial charge in [-0.3, -0.25) is 4.79 Å². The topological polar surface area (TPSA) is 55.1 Å². The van der Waals surface area contributed by atoms with Crippen molar-refractivity contribution < 1.29 is 4.79 Å². The molecule has 0 fully saturated rings. The van der Waals surface area contributed by atoms with E-state index >= 15 is 0 Å². The highest BCUT2D eigenvalue weighted by Crippen LogP contribution is 2.14. The summed E-state index contributed by atoms with van der Waals surface area (Å²) in [7, 11) is 0. The van der Waals surface area contributed by atoms with Crippen molar-refractivity contribution in [2.75, 3.05) is 6.54 Å². The Morgan fingerprint density at radius 2 is 1.79 bits per heavy atom. The van der Waals surface area contributed by atoms with Crippen LogP contribution in [0.1, 0.15) is 72.6 Å². The van der Waals surface area contributed by atoms with Crippen molar-refractivity contribution in [3.8, 4) is 0 Å². The van der Waals surface area contributed by atoms with Crippen molar-refractivity contribution in [1.29, 1.82) is 0 Å². The van der Waals surface area contributed by atoms with E-state index in [9.17, 15) is 4.79 Å². The van der Waals surface area contributed by atoms with Crippen LogP contribution in [0.2, 0.25) is 0 Å². The van der Waals surface area contributed by atoms with E-state index in [4.69, 9.17) is 5.73 Å². The first kappa shape index (κ1) is 18.4. The number of hydrogen-bond donors (Lipinski definition) is 2. The van der Waals surface area contributed by atoms with E-state index < -0.39 is 0 Å². The molecule has 0 saturated heterocycles. The minimum atomic E-state index is 0.201. The fraction of sp³-hybridized carbons (Fsp3) is 0.938. The molecule has 0 aliphatic rings. The predicted octanol–water partition coefficient (Wildman–Crippen LogP) is 3.47. The Kier molecular flexibility index (Phi) is 10.9. The standard InChI is InChI=1S/C16H34N2O/c1-5-15(11-12-17)9-10-16(19)18-14(4)8-6-7-13(2)3/h13-15H,5-12,17H2,1-4H3,(H,18,19). The summed E-state index contributed by atoms with van der Waals surface area (Å²) in [6.07, 6.45) is 7.30. The van der Waals surface area contributed by atoms with E-state index in [1.54, 1.807) is 0 Å². The molecule has 0 bridgehead atoms. The average Bonchev–Trinajstić information content (AvgIpc) is 2.33. The van der Waals surface area contributed by atoms with Gasteiger partial charge in [-0.15, -0.1) is 0 Å². The van der Waals surface area contributed by atoms with Gasteiger partial charge in [0.2, 0.25) is 5.91 Å². The van der Waals surface area contributed by atoms with Crippen molar-refractivity contribution in [1.82, 2.24) is 5.32 Å². The maximum absolute atomic E-state index is 11.8. The second-order valence-electron chi connectivity index (χ2n) is 6.18. The SMILES string of the molecule is CCC(CCN)CCC(=O)NC(C)CCCC(C)C. The van der Waals surface area contributed by atoms with Crippen molar-refractivity contribution in [2.24, 2.45) is 17.6 Å². The van der Waals surface area contributed by atoms with Gasteiger partial charge in [0.1, 0.15) is 0 Å². The van der Waals surface area contributed by atoms with Gasteiger partial charge in [0.25, 0.3) is 0 Å². The molecule has 3 N–H and O–H groups in total. The van der Waals surface area contributed by atoms with E-state index in [0.717, 1.165) is 38.1 Å². The molecule has 0 saturated carbocycles. The largest absolute Gasteiger partial charge is 0.354 e. The summed E-state index contributed by atoms with van der Waals surface area (Å²) in [6.45, 7) is 9.49. The Labute approximate surface area is 119 Å². The molecule has 3 nitrogen and oxygen atoms in total. The normalized spacial score (nSPS) is 14.4. The summed E-state index contributed by atoms with van der Waals surface area (Å²) in [5, 5.41) is 3.10. The highest BCUT2D eigenvalue weighted by molar-refractivity contribution is 5.76. The predicted molar refractivity (Wildman–Crippen MR) is 83.0 cm³/mol. The smallest absolute Gasteiger partial charge is 0.220 e. The summed E-state index contributed by atoms with van der Waals surface area (Å²) in [6, 6.07) is 0.306. The monoisotopic (exact) mass is 270 g/mol. The Bertz CT molecular complexity index is 229. The quantitative estimate of drug-likeness (QED) is 0.604. The maximum atomic E-state index is 11.8. The number of hydrogen-bond acceptors (Lipinski definition) is 2. The lowest BCUT2D eigenvalue weighted by Crippen LogP contribution is -2.32. The third-order valence-corrected chi connectivity index (χ3v) is 3.76. The van der Waals surface area contributed by atoms with Crippen LogP contribution in [0, 0.1) is 11.8 Å². The Morgan fingerprint density at radius 3 is 2.32 bits per heavy atom. The van der Waals surface area contributed by atoms with Gasteiger partial charge in [0.05, 0.1) is 0 Å². The highest BCUT2D eigenvalue weighted by Gasteiger charge is 2.11. The van der Waals surface area contributed by atoms with E-state index in [-0.39, 0.29) is 5.91 Å². The second-order valence-corrected chi connectivity index (χ2v) is 6.18. The summed E-state index contributed by atoms with van der Waals surface area (Å²) >= 11 is 0. The summed E-state index contributed by atoms with van der Waals surface area (Å²) in [5.74, 6) is 1.56. The molecule has 0 spiro atoms. The molecule has 114 valence electrons. The lowest BCUT2D eigenvalue weighted by Gasteiger charge is -2.16. The Morgan fingerprint density at radius 1 is 1.11 bits per heavy atom. The molecule has 19 heavy (non-hydrogen) atoms. The van der Waals surface area contributed by atoms with Crippen LogP contribution in [0.4, 0.5) is 0 Å². The van der Waals surface area contributed by atoms with Crippen molar-refractivity contribution in [3.05, 3.63) is 0 Å². The van der Waals surface area contributed by atoms with Crippen molar-refractivity contribution in [2.45, 2.75) is 78.7 Å². The Hall–Kier alpha value is -0.570. The molecule has 2 unspecified atom stereocenters. The number of nitrogens with two attached hydrogens (primary N) is 1. The fourth-order valence-corrected chi connectivity index (χ4v) is 2.37. The zero-order valence-corrected chi connectivity index (χ0v) is 13.4. The third kappa shape index (κ3) is 11.0. The molecule has 3 heteroatoms. The van der Waals surface area contributed by atoms with Gasteiger partial charge in [0.15, 0.2) is 0 Å². The molecule has 0 aromatic heterocycles. The van der Waals surface area contributed by atoms with Gasteiger partial charge in [-0.1, -0.05) is 40.0 Å². The minimum Gasteiger partial charge on any atom is -0.354 e. The van der Waals surface area contributed by atoms with Crippen LogP contribution in [-0.4, -0.2) is 18.5 Å². The highest BCUT2D eigenvalue weighted by atomic mass is 16.1. The molecule has 0 rings (SSSR count). The van der Waals surface area contributed by atoms with E-state index in [2.05, 4.69) is 33.0 Å².